The van der Waals surface area contributed by atoms with Crippen molar-refractivity contribution >= 4 is 17.3 Å². The van der Waals surface area contributed by atoms with Crippen LogP contribution in [0.15, 0.2) is 18.2 Å². The van der Waals surface area contributed by atoms with Crippen LogP contribution in [0.25, 0.3) is 0 Å². The van der Waals surface area contributed by atoms with Gasteiger partial charge in [0.25, 0.3) is 0 Å². The number of hydrogen-bond donors (Lipinski definition) is 2. The molecule has 0 atom stereocenters. The van der Waals surface area contributed by atoms with Gasteiger partial charge in [-0.05, 0) is 38.1 Å². The number of benzene rings is 1. The van der Waals surface area contributed by atoms with Crippen LogP contribution >= 0.6 is 0 Å². The highest BCUT2D eigenvalue weighted by atomic mass is 19.1. The number of anilines is 2. The van der Waals surface area contributed by atoms with E-state index in [1.807, 2.05) is 7.05 Å². The zero-order valence-electron chi connectivity index (χ0n) is 12.3. The number of amides is 1. The lowest BCUT2D eigenvalue weighted by Crippen LogP contribution is -2.38. The van der Waals surface area contributed by atoms with Gasteiger partial charge in [0.1, 0.15) is 5.82 Å². The number of nitrogens with zero attached hydrogens (tertiary/aromatic N) is 1. The van der Waals surface area contributed by atoms with Crippen LogP contribution < -0.4 is 11.1 Å². The molecule has 0 aliphatic carbocycles. The molecule has 116 valence electrons. The second-order valence-electron chi connectivity index (χ2n) is 5.36. The molecule has 6 heteroatoms. The van der Waals surface area contributed by atoms with E-state index in [1.54, 1.807) is 0 Å². The number of carbonyl (C=O) groups excluding carboxylic acids is 1. The zero-order valence-corrected chi connectivity index (χ0v) is 12.3. The van der Waals surface area contributed by atoms with E-state index < -0.39 is 5.82 Å². The van der Waals surface area contributed by atoms with Gasteiger partial charge in [-0.15, -0.1) is 0 Å². The average Bonchev–Trinajstić information content (AvgIpc) is 2.49. The minimum atomic E-state index is -0.477. The van der Waals surface area contributed by atoms with Gasteiger partial charge in [0.15, 0.2) is 0 Å². The van der Waals surface area contributed by atoms with Gasteiger partial charge in [0.2, 0.25) is 5.91 Å². The van der Waals surface area contributed by atoms with Crippen LogP contribution in [0.5, 0.6) is 0 Å². The summed E-state index contributed by atoms with van der Waals surface area (Å²) in [6, 6.07) is 4.59. The van der Waals surface area contributed by atoms with Gasteiger partial charge in [-0.3, -0.25) is 4.79 Å². The number of nitrogens with one attached hydrogen (secondary N) is 1. The van der Waals surface area contributed by atoms with E-state index >= 15 is 0 Å². The molecule has 1 aliphatic heterocycles. The lowest BCUT2D eigenvalue weighted by molar-refractivity contribution is -0.116. The highest BCUT2D eigenvalue weighted by Gasteiger charge is 2.19. The van der Waals surface area contributed by atoms with Gasteiger partial charge in [0, 0.05) is 37.9 Å². The highest BCUT2D eigenvalue weighted by Crippen LogP contribution is 2.18. The van der Waals surface area contributed by atoms with Crippen molar-refractivity contribution in [2.75, 3.05) is 37.9 Å². The fourth-order valence-corrected chi connectivity index (χ4v) is 2.44. The summed E-state index contributed by atoms with van der Waals surface area (Å²) in [6.45, 7) is 2.19. The van der Waals surface area contributed by atoms with Crippen LogP contribution in [0.4, 0.5) is 15.8 Å². The van der Waals surface area contributed by atoms with Crippen molar-refractivity contribution in [3.05, 3.63) is 24.0 Å². The Morgan fingerprint density at radius 3 is 2.90 bits per heavy atom. The second-order valence-corrected chi connectivity index (χ2v) is 5.36. The van der Waals surface area contributed by atoms with Crippen molar-refractivity contribution in [2.24, 2.45) is 0 Å². The van der Waals surface area contributed by atoms with Crippen molar-refractivity contribution in [1.82, 2.24) is 4.90 Å². The molecular weight excluding hydrogens is 273 g/mol. The number of nitrogen functional groups attached to an aromatic ring is 1. The SMILES string of the molecule is CN(CCC(=O)Nc1cc(N)ccc1F)C1CCOCC1. The number of carbonyl (C=O) groups is 1. The Morgan fingerprint density at radius 2 is 2.19 bits per heavy atom. The lowest BCUT2D eigenvalue weighted by Gasteiger charge is -2.30. The molecule has 2 rings (SSSR count). The van der Waals surface area contributed by atoms with E-state index in [9.17, 15) is 9.18 Å². The van der Waals surface area contributed by atoms with Crippen LogP contribution in [-0.2, 0) is 9.53 Å². The molecule has 0 radical (unpaired) electrons. The number of rotatable bonds is 5. The van der Waals surface area contributed by atoms with Gasteiger partial charge in [-0.1, -0.05) is 0 Å². The molecule has 0 aromatic heterocycles. The molecule has 0 unspecified atom stereocenters. The first kappa shape index (κ1) is 15.7. The molecule has 5 nitrogen and oxygen atoms in total. The highest BCUT2D eigenvalue weighted by molar-refractivity contribution is 5.91. The first-order valence-corrected chi connectivity index (χ1v) is 7.19. The lowest BCUT2D eigenvalue weighted by atomic mass is 10.1. The van der Waals surface area contributed by atoms with Gasteiger partial charge in [0.05, 0.1) is 5.69 Å². The number of nitrogens with two attached hydrogens (primary N) is 1. The standard InChI is InChI=1S/C15H22FN3O2/c1-19(12-5-8-21-9-6-12)7-4-15(20)18-14-10-11(17)2-3-13(14)16/h2-3,10,12H,4-9,17H2,1H3,(H,18,20). The maximum Gasteiger partial charge on any atom is 0.225 e. The van der Waals surface area contributed by atoms with Crippen molar-refractivity contribution in [3.8, 4) is 0 Å². The molecule has 1 fully saturated rings. The van der Waals surface area contributed by atoms with Crippen molar-refractivity contribution < 1.29 is 13.9 Å². The molecule has 3 N–H and O–H groups in total. The summed E-state index contributed by atoms with van der Waals surface area (Å²) < 4.78 is 18.8. The molecule has 0 spiro atoms. The summed E-state index contributed by atoms with van der Waals surface area (Å²) in [6.07, 6.45) is 2.30. The topological polar surface area (TPSA) is 67.6 Å². The molecule has 1 aromatic rings. The van der Waals surface area contributed by atoms with E-state index in [-0.39, 0.29) is 11.6 Å². The Morgan fingerprint density at radius 1 is 1.48 bits per heavy atom. The Hall–Kier alpha value is -1.66. The third kappa shape index (κ3) is 4.68. The Balaban J connectivity index is 1.80. The number of hydrogen-bond acceptors (Lipinski definition) is 4. The van der Waals surface area contributed by atoms with E-state index in [0.717, 1.165) is 26.1 Å². The minimum absolute atomic E-state index is 0.133. The first-order valence-electron chi connectivity index (χ1n) is 7.19. The summed E-state index contributed by atoms with van der Waals surface area (Å²) in [5.74, 6) is -0.686. The first-order chi connectivity index (χ1) is 10.1. The predicted octanol–water partition coefficient (Wildman–Crippen LogP) is 1.85. The molecule has 1 heterocycles. The fourth-order valence-electron chi connectivity index (χ4n) is 2.44. The molecule has 1 aromatic carbocycles. The van der Waals surface area contributed by atoms with E-state index in [4.69, 9.17) is 10.5 Å². The Kier molecular flexibility index (Phi) is 5.52. The minimum Gasteiger partial charge on any atom is -0.399 e. The zero-order chi connectivity index (χ0) is 15.2. The van der Waals surface area contributed by atoms with Crippen molar-refractivity contribution in [2.45, 2.75) is 25.3 Å². The summed E-state index contributed by atoms with van der Waals surface area (Å²) in [5.41, 5.74) is 6.14. The van der Waals surface area contributed by atoms with Crippen LogP contribution in [0.2, 0.25) is 0 Å². The van der Waals surface area contributed by atoms with Gasteiger partial charge in [-0.2, -0.15) is 0 Å². The molecular formula is C15H22FN3O2. The van der Waals surface area contributed by atoms with Crippen molar-refractivity contribution in [3.63, 3.8) is 0 Å². The Labute approximate surface area is 124 Å². The quantitative estimate of drug-likeness (QED) is 0.814. The monoisotopic (exact) mass is 295 g/mol. The molecule has 1 amide bonds. The van der Waals surface area contributed by atoms with Crippen molar-refractivity contribution in [1.29, 1.82) is 0 Å². The summed E-state index contributed by atoms with van der Waals surface area (Å²) in [4.78, 5) is 14.1. The third-order valence-corrected chi connectivity index (χ3v) is 3.77. The maximum absolute atomic E-state index is 13.5. The molecule has 0 saturated carbocycles. The normalized spacial score (nSPS) is 16.1. The second kappa shape index (κ2) is 7.38. The summed E-state index contributed by atoms with van der Waals surface area (Å²) in [7, 11) is 2.00. The molecule has 1 saturated heterocycles. The van der Waals surface area contributed by atoms with Gasteiger partial charge in [-0.25, -0.2) is 4.39 Å². The van der Waals surface area contributed by atoms with Gasteiger partial charge >= 0.3 is 0 Å². The molecule has 1 aliphatic rings. The van der Waals surface area contributed by atoms with Gasteiger partial charge < -0.3 is 20.7 Å². The summed E-state index contributed by atoms with van der Waals surface area (Å²) in [5, 5.41) is 2.56. The summed E-state index contributed by atoms with van der Waals surface area (Å²) >= 11 is 0. The predicted molar refractivity (Wildman–Crippen MR) is 80.5 cm³/mol. The van der Waals surface area contributed by atoms with E-state index in [0.29, 0.717) is 24.7 Å². The van der Waals surface area contributed by atoms with E-state index in [2.05, 4.69) is 10.2 Å². The van der Waals surface area contributed by atoms with Crippen LogP contribution in [-0.4, -0.2) is 43.7 Å². The molecule has 21 heavy (non-hydrogen) atoms. The van der Waals surface area contributed by atoms with Crippen LogP contribution in [0.3, 0.4) is 0 Å². The largest absolute Gasteiger partial charge is 0.399 e. The van der Waals surface area contributed by atoms with Crippen LogP contribution in [0, 0.1) is 5.82 Å². The third-order valence-electron chi connectivity index (χ3n) is 3.77. The molecule has 0 bridgehead atoms. The maximum atomic E-state index is 13.5. The number of ether oxygens (including phenoxy) is 1. The van der Waals surface area contributed by atoms with Crippen LogP contribution in [0.1, 0.15) is 19.3 Å². The average molecular weight is 295 g/mol. The Bertz CT molecular complexity index is 490. The fraction of sp³-hybridized carbons (Fsp3) is 0.533. The smallest absolute Gasteiger partial charge is 0.225 e. The van der Waals surface area contributed by atoms with E-state index in [1.165, 1.54) is 18.2 Å². The number of halogens is 1.